The number of nitrogens with two attached hydrogens (primary N) is 1. The molecule has 13 heteroatoms. The number of carbonyl (C=O) groups excluding carboxylic acids is 1. The van der Waals surface area contributed by atoms with Crippen molar-refractivity contribution in [3.8, 4) is 5.88 Å². The Hall–Kier alpha value is -3.51. The van der Waals surface area contributed by atoms with Gasteiger partial charge in [0, 0.05) is 28.3 Å². The Balaban J connectivity index is 1.89. The Morgan fingerprint density at radius 1 is 1.19 bits per heavy atom. The number of ether oxygens (including phenoxy) is 1. The first-order valence-electron chi connectivity index (χ1n) is 10.3. The molecule has 0 saturated heterocycles. The molecule has 0 spiro atoms. The van der Waals surface area contributed by atoms with Crippen molar-refractivity contribution in [3.05, 3.63) is 74.5 Å². The normalized spacial score (nSPS) is 10.7. The number of nitrogen functional groups attached to an aromatic ring is 1. The smallest absolute Gasteiger partial charge is 0.413 e. The number of amides is 2. The van der Waals surface area contributed by atoms with Gasteiger partial charge in [0.05, 0.1) is 23.4 Å². The molecule has 0 radical (unpaired) electrons. The van der Waals surface area contributed by atoms with E-state index in [2.05, 4.69) is 26.2 Å². The van der Waals surface area contributed by atoms with E-state index in [1.807, 2.05) is 0 Å². The lowest BCUT2D eigenvalue weighted by atomic mass is 10.1. The first-order valence-corrected chi connectivity index (χ1v) is 11.4. The minimum absolute atomic E-state index is 0.00741. The largest absolute Gasteiger partial charge is 0.481 e. The maximum absolute atomic E-state index is 14.1. The average molecular weight is 588 g/mol. The predicted octanol–water partition coefficient (Wildman–Crippen LogP) is 5.88. The zero-order valence-electron chi connectivity index (χ0n) is 18.6. The quantitative estimate of drug-likeness (QED) is 0.224. The fourth-order valence-corrected chi connectivity index (χ4v) is 3.96. The van der Waals surface area contributed by atoms with Gasteiger partial charge in [0.25, 0.3) is 5.91 Å². The highest BCUT2D eigenvalue weighted by Crippen LogP contribution is 2.30. The van der Waals surface area contributed by atoms with Crippen molar-refractivity contribution in [3.63, 3.8) is 0 Å². The molecule has 2 amide bonds. The minimum atomic E-state index is -1.43. The lowest BCUT2D eigenvalue weighted by Gasteiger charge is -2.22. The molecule has 0 unspecified atom stereocenters. The summed E-state index contributed by atoms with van der Waals surface area (Å²) >= 11 is 8.88. The van der Waals surface area contributed by atoms with Gasteiger partial charge in [-0.05, 0) is 59.1 Å². The van der Waals surface area contributed by atoms with Crippen molar-refractivity contribution in [2.24, 2.45) is 0 Å². The predicted molar refractivity (Wildman–Crippen MR) is 132 cm³/mol. The number of nitrogens with one attached hydrogen (secondary N) is 1. The van der Waals surface area contributed by atoms with Gasteiger partial charge in [-0.1, -0.05) is 11.6 Å². The molecule has 2 aromatic carbocycles. The number of rotatable bonds is 8. The summed E-state index contributed by atoms with van der Waals surface area (Å²) in [5.41, 5.74) is 5.67. The topological polar surface area (TPSA) is 118 Å². The van der Waals surface area contributed by atoms with Crippen LogP contribution in [0.3, 0.4) is 0 Å². The summed E-state index contributed by atoms with van der Waals surface area (Å²) in [6.45, 7) is -0.208. The van der Waals surface area contributed by atoms with Crippen molar-refractivity contribution < 1.29 is 32.6 Å². The van der Waals surface area contributed by atoms with Gasteiger partial charge in [0.1, 0.15) is 5.82 Å². The van der Waals surface area contributed by atoms with Gasteiger partial charge in [0.2, 0.25) is 5.88 Å². The van der Waals surface area contributed by atoms with Gasteiger partial charge in [-0.25, -0.2) is 18.0 Å². The monoisotopic (exact) mass is 586 g/mol. The molecule has 0 bridgehead atoms. The highest BCUT2D eigenvalue weighted by molar-refractivity contribution is 9.10. The van der Waals surface area contributed by atoms with Crippen LogP contribution in [0.15, 0.2) is 40.9 Å². The molecular formula is C23H19BrClF3N4O4. The molecule has 190 valence electrons. The van der Waals surface area contributed by atoms with Crippen LogP contribution in [0.5, 0.6) is 5.88 Å². The van der Waals surface area contributed by atoms with Gasteiger partial charge in [-0.2, -0.15) is 4.98 Å². The maximum Gasteiger partial charge on any atom is 0.413 e. The summed E-state index contributed by atoms with van der Waals surface area (Å²) in [5.74, 6) is -3.77. The number of methoxy groups -OCH3 is 1. The van der Waals surface area contributed by atoms with Crippen molar-refractivity contribution >= 4 is 56.7 Å². The second-order valence-electron chi connectivity index (χ2n) is 7.39. The number of hydrogen-bond donors (Lipinski definition) is 3. The van der Waals surface area contributed by atoms with Crippen molar-refractivity contribution in [2.75, 3.05) is 29.6 Å². The number of carbonyl (C=O) groups is 2. The first kappa shape index (κ1) is 27.1. The molecule has 0 aliphatic heterocycles. The van der Waals surface area contributed by atoms with Gasteiger partial charge in [-0.3, -0.25) is 9.69 Å². The van der Waals surface area contributed by atoms with Crippen LogP contribution in [-0.2, 0) is 6.42 Å². The zero-order valence-corrected chi connectivity index (χ0v) is 21.0. The van der Waals surface area contributed by atoms with Crippen LogP contribution in [0.1, 0.15) is 22.3 Å². The van der Waals surface area contributed by atoms with E-state index in [9.17, 15) is 27.9 Å². The molecule has 4 N–H and O–H groups in total. The van der Waals surface area contributed by atoms with Crippen LogP contribution in [0, 0.1) is 17.5 Å². The lowest BCUT2D eigenvalue weighted by Crippen LogP contribution is -2.32. The van der Waals surface area contributed by atoms with E-state index in [-0.39, 0.29) is 63.1 Å². The van der Waals surface area contributed by atoms with Crippen molar-refractivity contribution in [2.45, 2.75) is 12.8 Å². The molecular weight excluding hydrogens is 569 g/mol. The molecule has 1 heterocycles. The molecule has 3 rings (SSSR count). The zero-order chi connectivity index (χ0) is 26.6. The molecule has 36 heavy (non-hydrogen) atoms. The molecule has 0 saturated carbocycles. The Morgan fingerprint density at radius 2 is 1.92 bits per heavy atom. The molecule has 0 atom stereocenters. The van der Waals surface area contributed by atoms with Gasteiger partial charge in [-0.15, -0.1) is 0 Å². The van der Waals surface area contributed by atoms with E-state index < -0.39 is 29.5 Å². The maximum atomic E-state index is 14.1. The van der Waals surface area contributed by atoms with E-state index in [0.717, 1.165) is 23.1 Å². The minimum Gasteiger partial charge on any atom is -0.481 e. The fraction of sp³-hybridized carbons (Fsp3) is 0.174. The molecule has 0 fully saturated rings. The van der Waals surface area contributed by atoms with Crippen molar-refractivity contribution in [1.82, 2.24) is 4.98 Å². The van der Waals surface area contributed by atoms with Crippen LogP contribution in [-0.4, -0.2) is 35.7 Å². The second-order valence-corrected chi connectivity index (χ2v) is 8.65. The Bertz CT molecular complexity index is 1330. The van der Waals surface area contributed by atoms with E-state index in [1.165, 1.54) is 25.3 Å². The molecule has 1 aromatic heterocycles. The molecule has 0 aliphatic rings. The van der Waals surface area contributed by atoms with Crippen LogP contribution < -0.4 is 20.7 Å². The number of aromatic nitrogens is 1. The van der Waals surface area contributed by atoms with Crippen LogP contribution >= 0.6 is 27.5 Å². The molecule has 8 nitrogen and oxygen atoms in total. The summed E-state index contributed by atoms with van der Waals surface area (Å²) in [7, 11) is 1.32. The number of carboxylic acid groups (broad SMARTS) is 1. The van der Waals surface area contributed by atoms with E-state index in [0.29, 0.717) is 0 Å². The van der Waals surface area contributed by atoms with Gasteiger partial charge < -0.3 is 20.9 Å². The van der Waals surface area contributed by atoms with Crippen molar-refractivity contribution in [1.29, 1.82) is 0 Å². The standard InChI is InChI=1S/C23H19BrClF3N4O4/c1-36-19-7-6-18(30-22(33)12-9-14(25)16(27)10-13(12)24)21(31-19)32(23(34)35)8-2-3-11-17(29)5-4-15(26)20(11)28/h4-7,9-10H,2-3,8,29H2,1H3,(H,30,33)(H,34,35). The Kier molecular flexibility index (Phi) is 8.64. The number of benzene rings is 2. The SMILES string of the molecule is COc1ccc(NC(=O)c2cc(Cl)c(F)cc2Br)c(N(CCCc2c(N)ccc(F)c2F)C(=O)O)n1. The highest BCUT2D eigenvalue weighted by Gasteiger charge is 2.23. The third-order valence-electron chi connectivity index (χ3n) is 5.09. The summed E-state index contributed by atoms with van der Waals surface area (Å²) in [6.07, 6.45) is -1.45. The Morgan fingerprint density at radius 3 is 2.58 bits per heavy atom. The summed E-state index contributed by atoms with van der Waals surface area (Å²) in [5, 5.41) is 12.1. The van der Waals surface area contributed by atoms with Crippen LogP contribution in [0.2, 0.25) is 5.02 Å². The van der Waals surface area contributed by atoms with E-state index in [4.69, 9.17) is 22.1 Å². The van der Waals surface area contributed by atoms with E-state index >= 15 is 0 Å². The van der Waals surface area contributed by atoms with Gasteiger partial charge in [0.15, 0.2) is 17.5 Å². The number of anilines is 3. The number of pyridine rings is 1. The number of nitrogens with zero attached hydrogens (tertiary/aromatic N) is 2. The molecule has 3 aromatic rings. The second kappa shape index (κ2) is 11.5. The number of hydrogen-bond acceptors (Lipinski definition) is 5. The Labute approximate surface area is 217 Å². The van der Waals surface area contributed by atoms with Crippen LogP contribution in [0.25, 0.3) is 0 Å². The lowest BCUT2D eigenvalue weighted by molar-refractivity contribution is 0.102. The highest BCUT2D eigenvalue weighted by atomic mass is 79.9. The number of halogens is 5. The summed E-state index contributed by atoms with van der Waals surface area (Å²) in [6, 6.07) is 7.03. The summed E-state index contributed by atoms with van der Waals surface area (Å²) < 4.78 is 46.6. The summed E-state index contributed by atoms with van der Waals surface area (Å²) in [4.78, 5) is 29.9. The van der Waals surface area contributed by atoms with Crippen LogP contribution in [0.4, 0.5) is 35.2 Å². The fourth-order valence-electron chi connectivity index (χ4n) is 3.30. The first-order chi connectivity index (χ1) is 17.0. The van der Waals surface area contributed by atoms with E-state index in [1.54, 1.807) is 0 Å². The third kappa shape index (κ3) is 6.00. The van der Waals surface area contributed by atoms with Gasteiger partial charge >= 0.3 is 6.09 Å². The third-order valence-corrected chi connectivity index (χ3v) is 6.03. The average Bonchev–Trinajstić information content (AvgIpc) is 2.83. The molecule has 0 aliphatic carbocycles.